The first-order chi connectivity index (χ1) is 12.6. The van der Waals surface area contributed by atoms with Crippen molar-refractivity contribution in [3.63, 3.8) is 0 Å². The lowest BCUT2D eigenvalue weighted by Gasteiger charge is -2.09. The first kappa shape index (κ1) is 18.4. The zero-order chi connectivity index (χ0) is 18.5. The van der Waals surface area contributed by atoms with Crippen LogP contribution >= 0.6 is 15.9 Å². The first-order valence-corrected chi connectivity index (χ1v) is 8.93. The SMILES string of the molecule is Cc1c(Br)cccc1-c1nc2cc(CNCCO)c(OCC#N)cc2o1. The highest BCUT2D eigenvalue weighted by Gasteiger charge is 2.15. The molecular weight excluding hydrogens is 398 g/mol. The van der Waals surface area contributed by atoms with E-state index in [1.165, 1.54) is 0 Å². The largest absolute Gasteiger partial charge is 0.478 e. The molecule has 0 fully saturated rings. The molecule has 0 aliphatic carbocycles. The molecule has 0 bridgehead atoms. The highest BCUT2D eigenvalue weighted by Crippen LogP contribution is 2.33. The highest BCUT2D eigenvalue weighted by atomic mass is 79.9. The number of aliphatic hydroxyl groups is 1. The number of halogens is 1. The Morgan fingerprint density at radius 3 is 3.00 bits per heavy atom. The average Bonchev–Trinajstić information content (AvgIpc) is 3.04. The monoisotopic (exact) mass is 415 g/mol. The van der Waals surface area contributed by atoms with E-state index in [1.54, 1.807) is 6.07 Å². The first-order valence-electron chi connectivity index (χ1n) is 8.14. The molecule has 0 atom stereocenters. The predicted molar refractivity (Wildman–Crippen MR) is 102 cm³/mol. The van der Waals surface area contributed by atoms with Gasteiger partial charge in [0.2, 0.25) is 5.89 Å². The van der Waals surface area contributed by atoms with Crippen LogP contribution in [0.15, 0.2) is 39.2 Å². The number of nitrogens with one attached hydrogen (secondary N) is 1. The van der Waals surface area contributed by atoms with E-state index in [2.05, 4.69) is 26.2 Å². The number of fused-ring (bicyclic) bond motifs is 1. The molecule has 0 saturated carbocycles. The van der Waals surface area contributed by atoms with Crippen LogP contribution in [-0.4, -0.2) is 29.8 Å². The molecular formula is C19H18BrN3O3. The molecule has 6 nitrogen and oxygen atoms in total. The van der Waals surface area contributed by atoms with E-state index in [0.717, 1.165) is 21.2 Å². The molecule has 0 amide bonds. The van der Waals surface area contributed by atoms with Crippen LogP contribution in [0.1, 0.15) is 11.1 Å². The molecule has 0 spiro atoms. The van der Waals surface area contributed by atoms with Crippen molar-refractivity contribution in [2.45, 2.75) is 13.5 Å². The summed E-state index contributed by atoms with van der Waals surface area (Å²) in [5.41, 5.74) is 4.12. The van der Waals surface area contributed by atoms with Crippen LogP contribution < -0.4 is 10.1 Å². The molecule has 2 aromatic carbocycles. The number of aromatic nitrogens is 1. The third kappa shape index (κ3) is 3.88. The lowest BCUT2D eigenvalue weighted by Crippen LogP contribution is -2.18. The van der Waals surface area contributed by atoms with Crippen LogP contribution in [0, 0.1) is 18.3 Å². The van der Waals surface area contributed by atoms with Gasteiger partial charge in [-0.2, -0.15) is 5.26 Å². The van der Waals surface area contributed by atoms with E-state index in [9.17, 15) is 0 Å². The maximum Gasteiger partial charge on any atom is 0.227 e. The summed E-state index contributed by atoms with van der Waals surface area (Å²) >= 11 is 3.53. The second-order valence-corrected chi connectivity index (χ2v) is 6.56. The van der Waals surface area contributed by atoms with Crippen molar-refractivity contribution in [2.75, 3.05) is 19.8 Å². The van der Waals surface area contributed by atoms with Gasteiger partial charge in [-0.05, 0) is 30.7 Å². The van der Waals surface area contributed by atoms with Crippen LogP contribution in [-0.2, 0) is 6.54 Å². The van der Waals surface area contributed by atoms with Crippen molar-refractivity contribution in [3.8, 4) is 23.3 Å². The maximum atomic E-state index is 8.94. The molecule has 0 saturated heterocycles. The summed E-state index contributed by atoms with van der Waals surface area (Å²) in [5, 5.41) is 20.8. The zero-order valence-corrected chi connectivity index (χ0v) is 15.8. The highest BCUT2D eigenvalue weighted by molar-refractivity contribution is 9.10. The lowest BCUT2D eigenvalue weighted by molar-refractivity contribution is 0.291. The number of aliphatic hydroxyl groups excluding tert-OH is 1. The Bertz CT molecular complexity index is 963. The molecule has 0 unspecified atom stereocenters. The number of nitrogens with zero attached hydrogens (tertiary/aromatic N) is 2. The van der Waals surface area contributed by atoms with Gasteiger partial charge in [0, 0.05) is 34.8 Å². The van der Waals surface area contributed by atoms with E-state index in [1.807, 2.05) is 37.3 Å². The van der Waals surface area contributed by atoms with Crippen molar-refractivity contribution in [3.05, 3.63) is 45.9 Å². The van der Waals surface area contributed by atoms with Crippen molar-refractivity contribution in [1.29, 1.82) is 5.26 Å². The van der Waals surface area contributed by atoms with Gasteiger partial charge in [0.15, 0.2) is 12.2 Å². The summed E-state index contributed by atoms with van der Waals surface area (Å²) in [6, 6.07) is 11.5. The quantitative estimate of drug-likeness (QED) is 0.573. The van der Waals surface area contributed by atoms with E-state index in [4.69, 9.17) is 19.5 Å². The number of rotatable bonds is 7. The minimum absolute atomic E-state index is 0.0485. The van der Waals surface area contributed by atoms with Crippen molar-refractivity contribution in [1.82, 2.24) is 10.3 Å². The molecule has 2 N–H and O–H groups in total. The van der Waals surface area contributed by atoms with Gasteiger partial charge in [-0.3, -0.25) is 0 Å². The molecule has 3 rings (SSSR count). The van der Waals surface area contributed by atoms with E-state index < -0.39 is 0 Å². The Hall–Kier alpha value is -2.40. The molecule has 0 aliphatic rings. The van der Waals surface area contributed by atoms with Crippen molar-refractivity contribution in [2.24, 2.45) is 0 Å². The fourth-order valence-electron chi connectivity index (χ4n) is 2.64. The van der Waals surface area contributed by atoms with Gasteiger partial charge in [-0.1, -0.05) is 22.0 Å². The molecule has 0 radical (unpaired) electrons. The summed E-state index contributed by atoms with van der Waals surface area (Å²) in [6.07, 6.45) is 0. The van der Waals surface area contributed by atoms with E-state index in [0.29, 0.717) is 35.8 Å². The van der Waals surface area contributed by atoms with Crippen LogP contribution in [0.2, 0.25) is 0 Å². The second kappa shape index (κ2) is 8.32. The minimum Gasteiger partial charge on any atom is -0.478 e. The summed E-state index contributed by atoms with van der Waals surface area (Å²) in [7, 11) is 0. The minimum atomic E-state index is -0.0513. The zero-order valence-electron chi connectivity index (χ0n) is 14.3. The number of hydrogen-bond donors (Lipinski definition) is 2. The number of hydrogen-bond acceptors (Lipinski definition) is 6. The molecule has 26 heavy (non-hydrogen) atoms. The Labute approximate surface area is 159 Å². The van der Waals surface area contributed by atoms with Crippen LogP contribution in [0.4, 0.5) is 0 Å². The van der Waals surface area contributed by atoms with Gasteiger partial charge in [0.05, 0.1) is 6.61 Å². The predicted octanol–water partition coefficient (Wildman–Crippen LogP) is 3.55. The van der Waals surface area contributed by atoms with Gasteiger partial charge in [-0.25, -0.2) is 4.98 Å². The summed E-state index contributed by atoms with van der Waals surface area (Å²) in [5.74, 6) is 1.10. The maximum absolute atomic E-state index is 8.94. The molecule has 3 aromatic rings. The fourth-order valence-corrected chi connectivity index (χ4v) is 3.00. The van der Waals surface area contributed by atoms with Crippen molar-refractivity contribution >= 4 is 27.0 Å². The van der Waals surface area contributed by atoms with Gasteiger partial charge >= 0.3 is 0 Å². The van der Waals surface area contributed by atoms with Crippen LogP contribution in [0.5, 0.6) is 5.75 Å². The van der Waals surface area contributed by atoms with E-state index in [-0.39, 0.29) is 13.2 Å². The molecule has 7 heteroatoms. The third-order valence-corrected chi connectivity index (χ3v) is 4.82. The Kier molecular flexibility index (Phi) is 5.89. The van der Waals surface area contributed by atoms with E-state index >= 15 is 0 Å². The molecule has 1 heterocycles. The molecule has 134 valence electrons. The number of oxazole rings is 1. The number of benzene rings is 2. The number of nitriles is 1. The van der Waals surface area contributed by atoms with Crippen LogP contribution in [0.3, 0.4) is 0 Å². The van der Waals surface area contributed by atoms with Crippen molar-refractivity contribution < 1.29 is 14.3 Å². The summed E-state index contributed by atoms with van der Waals surface area (Å²) in [6.45, 7) is 2.96. The lowest BCUT2D eigenvalue weighted by atomic mass is 10.1. The van der Waals surface area contributed by atoms with Gasteiger partial charge in [0.1, 0.15) is 17.3 Å². The Balaban J connectivity index is 2.02. The Morgan fingerprint density at radius 1 is 1.38 bits per heavy atom. The summed E-state index contributed by atoms with van der Waals surface area (Å²) in [4.78, 5) is 4.61. The van der Waals surface area contributed by atoms with Gasteiger partial charge in [-0.15, -0.1) is 0 Å². The molecule has 0 aliphatic heterocycles. The Morgan fingerprint density at radius 2 is 2.23 bits per heavy atom. The number of ether oxygens (including phenoxy) is 1. The standard InChI is InChI=1S/C19H18BrN3O3/c1-12-14(3-2-4-15(12)20)19-23-16-9-13(11-22-6-7-24)17(25-8-5-21)10-18(16)26-19/h2-4,9-10,22,24H,6-8,11H2,1H3. The fraction of sp³-hybridized carbons (Fsp3) is 0.263. The smallest absolute Gasteiger partial charge is 0.227 e. The normalized spacial score (nSPS) is 10.8. The van der Waals surface area contributed by atoms with Gasteiger partial charge < -0.3 is 19.6 Å². The topological polar surface area (TPSA) is 91.3 Å². The van der Waals surface area contributed by atoms with Gasteiger partial charge in [0.25, 0.3) is 0 Å². The second-order valence-electron chi connectivity index (χ2n) is 5.71. The third-order valence-electron chi connectivity index (χ3n) is 3.97. The molecule has 1 aromatic heterocycles. The van der Waals surface area contributed by atoms with Crippen LogP contribution in [0.25, 0.3) is 22.6 Å². The average molecular weight is 416 g/mol. The summed E-state index contributed by atoms with van der Waals surface area (Å²) < 4.78 is 12.4.